The number of carbonyl (C=O) groups excluding carboxylic acids is 1. The molecule has 406 valence electrons. The number of hydrogen-bond acceptors (Lipinski definition) is 9. The second-order valence-corrected chi connectivity index (χ2v) is 29.6. The van der Waals surface area contributed by atoms with E-state index in [0.717, 1.165) is 0 Å². The number of aromatic hydroxyl groups is 4. The van der Waals surface area contributed by atoms with Gasteiger partial charge in [-0.15, -0.1) is 0 Å². The van der Waals surface area contributed by atoms with Crippen LogP contribution in [0.4, 0.5) is 0 Å². The van der Waals surface area contributed by atoms with E-state index in [-0.39, 0.29) is 23.0 Å². The Bertz CT molecular complexity index is 2350. The molecule has 0 aliphatic rings. The lowest BCUT2D eigenvalue weighted by Crippen LogP contribution is -2.48. The van der Waals surface area contributed by atoms with Crippen LogP contribution in [0.3, 0.4) is 0 Å². The zero-order chi connectivity index (χ0) is 56.6. The van der Waals surface area contributed by atoms with Crippen LogP contribution in [0.25, 0.3) is 0 Å². The number of esters is 1. The van der Waals surface area contributed by atoms with E-state index in [1.54, 1.807) is 0 Å². The fourth-order valence-corrected chi connectivity index (χ4v) is 10.1. The van der Waals surface area contributed by atoms with Gasteiger partial charge in [0.05, 0.1) is 25.2 Å². The monoisotopic (exact) mass is 1010 g/mol. The van der Waals surface area contributed by atoms with E-state index in [2.05, 4.69) is 0 Å². The van der Waals surface area contributed by atoms with Crippen LogP contribution in [-0.4, -0.2) is 68.1 Å². The van der Waals surface area contributed by atoms with Gasteiger partial charge in [0, 0.05) is 5.92 Å². The summed E-state index contributed by atoms with van der Waals surface area (Å²) >= 11 is 0. The Morgan fingerprint density at radius 2 is 0.562 bits per heavy atom. The van der Waals surface area contributed by atoms with Gasteiger partial charge in [-0.1, -0.05) is 215 Å². The molecular formula is C64H96O9. The second-order valence-electron chi connectivity index (χ2n) is 29.6. The number of aliphatic hydroxyl groups is 3. The fourth-order valence-electron chi connectivity index (χ4n) is 10.1. The molecule has 9 nitrogen and oxygen atoms in total. The number of rotatable bonds is 11. The highest BCUT2D eigenvalue weighted by Gasteiger charge is 2.55. The Labute approximate surface area is 440 Å². The minimum atomic E-state index is -2.03. The van der Waals surface area contributed by atoms with Crippen molar-refractivity contribution >= 4 is 5.97 Å². The molecule has 0 unspecified atom stereocenters. The summed E-state index contributed by atoms with van der Waals surface area (Å²) in [5, 5.41) is 82.5. The van der Waals surface area contributed by atoms with E-state index in [4.69, 9.17) is 4.74 Å². The number of phenolic OH excluding ortho intramolecular Hbond substituents is 4. The van der Waals surface area contributed by atoms with Crippen molar-refractivity contribution in [3.8, 4) is 23.0 Å². The zero-order valence-electron chi connectivity index (χ0n) is 49.5. The molecule has 0 spiro atoms. The zero-order valence-corrected chi connectivity index (χ0v) is 49.5. The van der Waals surface area contributed by atoms with Crippen LogP contribution in [0.2, 0.25) is 0 Å². The van der Waals surface area contributed by atoms with Gasteiger partial charge in [-0.05, 0) is 110 Å². The summed E-state index contributed by atoms with van der Waals surface area (Å²) in [6.07, 6.45) is 0. The molecule has 0 fully saturated rings. The summed E-state index contributed by atoms with van der Waals surface area (Å²) in [4.78, 5) is 17.2. The molecule has 0 radical (unpaired) electrons. The molecule has 9 heteroatoms. The van der Waals surface area contributed by atoms with Crippen LogP contribution in [0.15, 0.2) is 48.5 Å². The van der Waals surface area contributed by atoms with Crippen molar-refractivity contribution < 1.29 is 45.3 Å². The molecule has 0 aromatic heterocycles. The van der Waals surface area contributed by atoms with Gasteiger partial charge in [-0.3, -0.25) is 4.79 Å². The Morgan fingerprint density at radius 3 is 0.740 bits per heavy atom. The first-order valence-corrected chi connectivity index (χ1v) is 26.2. The lowest BCUT2D eigenvalue weighted by Gasteiger charge is -2.45. The van der Waals surface area contributed by atoms with Crippen LogP contribution in [-0.2, 0) is 58.3 Å². The second kappa shape index (κ2) is 19.9. The third-order valence-corrected chi connectivity index (χ3v) is 14.8. The summed E-state index contributed by atoms with van der Waals surface area (Å²) < 4.78 is 6.74. The molecule has 0 amide bonds. The van der Waals surface area contributed by atoms with Crippen LogP contribution in [0.1, 0.15) is 239 Å². The maximum Gasteiger partial charge on any atom is 0.322 e. The standard InChI is InChI=1S/C64H96O9/c1-55(2,3)41-25-37(26-42(50(41)68)56(4,5)6)49(38-27-43(57(7,8)9)51(69)44(28-38)58(10,11)12)64(54(72)73-36-63(33-65,34-66)35-67,39-29-45(59(13,14)15)52(70)46(30-39)60(16,17)18)40-31-47(61(19,20)21)53(71)48(32-40)62(22,23)24/h25-32,49,65-71H,33-36H2,1-24H3. The average Bonchev–Trinajstić information content (AvgIpc) is 3.21. The number of carbonyl (C=O) groups is 1. The topological polar surface area (TPSA) is 168 Å². The van der Waals surface area contributed by atoms with Crippen LogP contribution in [0.5, 0.6) is 23.0 Å². The van der Waals surface area contributed by atoms with Gasteiger partial charge in [-0.2, -0.15) is 0 Å². The molecule has 4 rings (SSSR count). The molecular weight excluding hydrogens is 913 g/mol. The highest BCUT2D eigenvalue weighted by atomic mass is 16.5. The summed E-state index contributed by atoms with van der Waals surface area (Å²) in [7, 11) is 0. The van der Waals surface area contributed by atoms with Crippen LogP contribution < -0.4 is 0 Å². The van der Waals surface area contributed by atoms with Crippen molar-refractivity contribution in [3.05, 3.63) is 115 Å². The SMILES string of the molecule is CC(C)(C)c1cc(C(c2cc(C(C)(C)C)c(O)c(C(C)(C)C)c2)C(C(=O)OCC(CO)(CO)CO)(c2cc(C(C)(C)C)c(O)c(C(C)(C)C)c2)c2cc(C(C)(C)C)c(O)c(C(C)(C)C)c2)cc(C(C)(C)C)c1O. The molecule has 0 saturated carbocycles. The predicted molar refractivity (Wildman–Crippen MR) is 299 cm³/mol. The van der Waals surface area contributed by atoms with Crippen molar-refractivity contribution in [2.75, 3.05) is 26.4 Å². The number of benzene rings is 4. The lowest BCUT2D eigenvalue weighted by molar-refractivity contribution is -0.157. The van der Waals surface area contributed by atoms with Gasteiger partial charge in [0.15, 0.2) is 0 Å². The normalized spacial score (nSPS) is 14.0. The van der Waals surface area contributed by atoms with Crippen molar-refractivity contribution in [1.82, 2.24) is 0 Å². The van der Waals surface area contributed by atoms with Crippen molar-refractivity contribution in [1.29, 1.82) is 0 Å². The third kappa shape index (κ3) is 12.1. The molecule has 4 aromatic rings. The summed E-state index contributed by atoms with van der Waals surface area (Å²) in [5.41, 5.74) is -1.95. The maximum absolute atomic E-state index is 17.2. The van der Waals surface area contributed by atoms with Crippen molar-refractivity contribution in [3.63, 3.8) is 0 Å². The molecule has 0 heterocycles. The predicted octanol–water partition coefficient (Wildman–Crippen LogP) is 13.5. The minimum Gasteiger partial charge on any atom is -0.507 e. The largest absolute Gasteiger partial charge is 0.507 e. The van der Waals surface area contributed by atoms with E-state index >= 15 is 4.79 Å². The van der Waals surface area contributed by atoms with Gasteiger partial charge >= 0.3 is 5.97 Å². The Kier molecular flexibility index (Phi) is 16.6. The summed E-state index contributed by atoms with van der Waals surface area (Å²) in [6.45, 7) is 46.0. The van der Waals surface area contributed by atoms with Gasteiger partial charge in [0.25, 0.3) is 0 Å². The van der Waals surface area contributed by atoms with Crippen LogP contribution >= 0.6 is 0 Å². The minimum absolute atomic E-state index is 0.0863. The number of ether oxygens (including phenoxy) is 1. The van der Waals surface area contributed by atoms with E-state index in [1.165, 1.54) is 0 Å². The summed E-state index contributed by atoms with van der Waals surface area (Å²) in [5.74, 6) is -1.46. The average molecular weight is 1010 g/mol. The molecule has 0 aliphatic heterocycles. The van der Waals surface area contributed by atoms with E-state index in [1.807, 2.05) is 215 Å². The van der Waals surface area contributed by atoms with E-state index < -0.39 is 92.5 Å². The Morgan fingerprint density at radius 1 is 0.370 bits per heavy atom. The van der Waals surface area contributed by atoms with Gasteiger partial charge in [0.2, 0.25) is 0 Å². The van der Waals surface area contributed by atoms with Gasteiger partial charge < -0.3 is 40.5 Å². The molecule has 0 saturated heterocycles. The van der Waals surface area contributed by atoms with Gasteiger partial charge in [0.1, 0.15) is 35.0 Å². The molecule has 7 N–H and O–H groups in total. The lowest BCUT2D eigenvalue weighted by atomic mass is 9.58. The highest BCUT2D eigenvalue weighted by molar-refractivity contribution is 5.91. The molecule has 0 atom stereocenters. The van der Waals surface area contributed by atoms with Crippen molar-refractivity contribution in [2.45, 2.75) is 221 Å². The molecule has 73 heavy (non-hydrogen) atoms. The van der Waals surface area contributed by atoms with E-state index in [9.17, 15) is 35.7 Å². The van der Waals surface area contributed by atoms with Gasteiger partial charge in [-0.25, -0.2) is 0 Å². The number of aliphatic hydroxyl groups excluding tert-OH is 3. The van der Waals surface area contributed by atoms with Crippen molar-refractivity contribution in [2.24, 2.45) is 5.41 Å². The fraction of sp³-hybridized carbons (Fsp3) is 0.609. The Balaban J connectivity index is 2.79. The Hall–Kier alpha value is -4.57. The van der Waals surface area contributed by atoms with E-state index in [0.29, 0.717) is 66.8 Å². The highest BCUT2D eigenvalue weighted by Crippen LogP contribution is 2.57. The third-order valence-electron chi connectivity index (χ3n) is 14.8. The van der Waals surface area contributed by atoms with Crippen LogP contribution in [0, 0.1) is 5.41 Å². The molecule has 0 bridgehead atoms. The number of phenols is 4. The first-order chi connectivity index (χ1) is 32.7. The smallest absolute Gasteiger partial charge is 0.322 e. The quantitative estimate of drug-likeness (QED) is 0.0724. The summed E-state index contributed by atoms with van der Waals surface area (Å²) in [6, 6.07) is 15.6. The molecule has 0 aliphatic carbocycles. The maximum atomic E-state index is 17.2. The first kappa shape index (κ1) is 61.0. The first-order valence-electron chi connectivity index (χ1n) is 26.2. The number of hydrogen-bond donors (Lipinski definition) is 7. The molecule has 4 aromatic carbocycles.